The number of phenols is 2. The highest BCUT2D eigenvalue weighted by atomic mass is 16.3. The van der Waals surface area contributed by atoms with Crippen LogP contribution in [0.5, 0.6) is 11.5 Å². The van der Waals surface area contributed by atoms with Crippen LogP contribution in [0.3, 0.4) is 0 Å². The van der Waals surface area contributed by atoms with Gasteiger partial charge in [0.15, 0.2) is 0 Å². The molecule has 0 aromatic heterocycles. The van der Waals surface area contributed by atoms with Crippen molar-refractivity contribution >= 4 is 0 Å². The number of benzene rings is 1. The zero-order chi connectivity index (χ0) is 9.26. The average molecular weight is 196 g/mol. The van der Waals surface area contributed by atoms with Crippen LogP contribution in [0.2, 0.25) is 0 Å². The fraction of sp³-hybridized carbons (Fsp3) is 0.455. The van der Waals surface area contributed by atoms with Gasteiger partial charge in [-0.1, -0.05) is 18.9 Å². The quantitative estimate of drug-likeness (QED) is 0.720. The Kier molecular flexibility index (Phi) is 3.36. The maximum atomic E-state index is 9.59. The SMILES string of the molecule is O.Oc1cccc(O)c1C1CCCC1. The second-order valence-corrected chi connectivity index (χ2v) is 3.69. The lowest BCUT2D eigenvalue weighted by Crippen LogP contribution is -1.93. The molecular weight excluding hydrogens is 180 g/mol. The lowest BCUT2D eigenvalue weighted by atomic mass is 9.96. The van der Waals surface area contributed by atoms with Crippen LogP contribution in [-0.2, 0) is 0 Å². The molecule has 0 unspecified atom stereocenters. The maximum absolute atomic E-state index is 9.59. The lowest BCUT2D eigenvalue weighted by molar-refractivity contribution is 0.428. The van der Waals surface area contributed by atoms with Gasteiger partial charge in [-0.15, -0.1) is 0 Å². The molecule has 1 aliphatic carbocycles. The second-order valence-electron chi connectivity index (χ2n) is 3.69. The van der Waals surface area contributed by atoms with E-state index in [1.807, 2.05) is 0 Å². The zero-order valence-corrected chi connectivity index (χ0v) is 8.03. The topological polar surface area (TPSA) is 72.0 Å². The highest BCUT2D eigenvalue weighted by molar-refractivity contribution is 5.45. The molecule has 2 rings (SSSR count). The summed E-state index contributed by atoms with van der Waals surface area (Å²) >= 11 is 0. The summed E-state index contributed by atoms with van der Waals surface area (Å²) < 4.78 is 0. The van der Waals surface area contributed by atoms with Crippen molar-refractivity contribution in [3.05, 3.63) is 23.8 Å². The van der Waals surface area contributed by atoms with Crippen LogP contribution in [-0.4, -0.2) is 15.7 Å². The minimum absolute atomic E-state index is 0. The number of hydrogen-bond acceptors (Lipinski definition) is 2. The van der Waals surface area contributed by atoms with Crippen molar-refractivity contribution in [3.63, 3.8) is 0 Å². The number of rotatable bonds is 1. The third-order valence-corrected chi connectivity index (χ3v) is 2.82. The largest absolute Gasteiger partial charge is 0.508 e. The predicted octanol–water partition coefficient (Wildman–Crippen LogP) is 1.93. The molecule has 1 aliphatic rings. The van der Waals surface area contributed by atoms with E-state index in [-0.39, 0.29) is 17.0 Å². The molecule has 0 bridgehead atoms. The second kappa shape index (κ2) is 4.33. The molecule has 0 amide bonds. The summed E-state index contributed by atoms with van der Waals surface area (Å²) in [5.41, 5.74) is 0.750. The fourth-order valence-corrected chi connectivity index (χ4v) is 2.17. The molecule has 1 fully saturated rings. The van der Waals surface area contributed by atoms with Gasteiger partial charge in [0.05, 0.1) is 0 Å². The highest BCUT2D eigenvalue weighted by Crippen LogP contribution is 2.42. The average Bonchev–Trinajstić information content (AvgIpc) is 2.57. The smallest absolute Gasteiger partial charge is 0.122 e. The molecule has 3 heteroatoms. The van der Waals surface area contributed by atoms with Crippen LogP contribution in [0, 0.1) is 0 Å². The first-order valence-corrected chi connectivity index (χ1v) is 4.80. The Labute approximate surface area is 83.3 Å². The Balaban J connectivity index is 0.000000980. The Hall–Kier alpha value is -1.22. The summed E-state index contributed by atoms with van der Waals surface area (Å²) in [4.78, 5) is 0. The third kappa shape index (κ3) is 1.82. The third-order valence-electron chi connectivity index (χ3n) is 2.82. The van der Waals surface area contributed by atoms with Crippen LogP contribution in [0.1, 0.15) is 37.2 Å². The molecule has 0 saturated heterocycles. The number of hydrogen-bond donors (Lipinski definition) is 2. The summed E-state index contributed by atoms with van der Waals surface area (Å²) in [6.07, 6.45) is 4.59. The van der Waals surface area contributed by atoms with E-state index >= 15 is 0 Å². The van der Waals surface area contributed by atoms with Crippen LogP contribution in [0.25, 0.3) is 0 Å². The van der Waals surface area contributed by atoms with Crippen LogP contribution in [0.4, 0.5) is 0 Å². The lowest BCUT2D eigenvalue weighted by Gasteiger charge is -2.12. The van der Waals surface area contributed by atoms with E-state index in [0.717, 1.165) is 18.4 Å². The Morgan fingerprint density at radius 2 is 1.50 bits per heavy atom. The first-order chi connectivity index (χ1) is 6.29. The first-order valence-electron chi connectivity index (χ1n) is 4.80. The van der Waals surface area contributed by atoms with E-state index in [2.05, 4.69) is 0 Å². The zero-order valence-electron chi connectivity index (χ0n) is 8.03. The van der Waals surface area contributed by atoms with Gasteiger partial charge in [0.2, 0.25) is 0 Å². The molecule has 0 atom stereocenters. The summed E-state index contributed by atoms with van der Waals surface area (Å²) in [6, 6.07) is 4.96. The molecule has 0 radical (unpaired) electrons. The van der Waals surface area contributed by atoms with Crippen LogP contribution >= 0.6 is 0 Å². The molecule has 0 aliphatic heterocycles. The van der Waals surface area contributed by atoms with Gasteiger partial charge in [0.1, 0.15) is 11.5 Å². The predicted molar refractivity (Wildman–Crippen MR) is 54.6 cm³/mol. The summed E-state index contributed by atoms with van der Waals surface area (Å²) in [6.45, 7) is 0. The molecule has 4 N–H and O–H groups in total. The standard InChI is InChI=1S/C11H14O2.H2O/c12-9-6-3-7-10(13)11(9)8-4-1-2-5-8;/h3,6-8,12-13H,1-2,4-5H2;1H2. The fourth-order valence-electron chi connectivity index (χ4n) is 2.17. The normalized spacial score (nSPS) is 16.6. The van der Waals surface area contributed by atoms with Crippen molar-refractivity contribution in [1.29, 1.82) is 0 Å². The van der Waals surface area contributed by atoms with Gasteiger partial charge in [-0.2, -0.15) is 0 Å². The van der Waals surface area contributed by atoms with E-state index < -0.39 is 0 Å². The monoisotopic (exact) mass is 196 g/mol. The number of aromatic hydroxyl groups is 2. The Morgan fingerprint density at radius 1 is 1.00 bits per heavy atom. The van der Waals surface area contributed by atoms with Crippen molar-refractivity contribution in [1.82, 2.24) is 0 Å². The van der Waals surface area contributed by atoms with Gasteiger partial charge in [-0.3, -0.25) is 0 Å². The van der Waals surface area contributed by atoms with Gasteiger partial charge in [-0.05, 0) is 30.9 Å². The van der Waals surface area contributed by atoms with Gasteiger partial charge >= 0.3 is 0 Å². The molecule has 1 aromatic carbocycles. The molecular formula is C11H16O3. The molecule has 3 nitrogen and oxygen atoms in total. The van der Waals surface area contributed by atoms with Crippen molar-refractivity contribution in [2.45, 2.75) is 31.6 Å². The minimum Gasteiger partial charge on any atom is -0.508 e. The van der Waals surface area contributed by atoms with Crippen molar-refractivity contribution in [2.75, 3.05) is 0 Å². The van der Waals surface area contributed by atoms with E-state index in [1.54, 1.807) is 18.2 Å². The summed E-state index contributed by atoms with van der Waals surface area (Å²) in [7, 11) is 0. The van der Waals surface area contributed by atoms with Crippen molar-refractivity contribution < 1.29 is 15.7 Å². The summed E-state index contributed by atoms with van der Waals surface area (Å²) in [5.74, 6) is 0.847. The van der Waals surface area contributed by atoms with Gasteiger partial charge in [-0.25, -0.2) is 0 Å². The van der Waals surface area contributed by atoms with E-state index in [9.17, 15) is 10.2 Å². The van der Waals surface area contributed by atoms with E-state index in [1.165, 1.54) is 12.8 Å². The minimum atomic E-state index is 0. The molecule has 14 heavy (non-hydrogen) atoms. The van der Waals surface area contributed by atoms with E-state index in [4.69, 9.17) is 0 Å². The molecule has 78 valence electrons. The van der Waals surface area contributed by atoms with Crippen molar-refractivity contribution in [3.8, 4) is 11.5 Å². The summed E-state index contributed by atoms with van der Waals surface area (Å²) in [5, 5.41) is 19.2. The van der Waals surface area contributed by atoms with Crippen LogP contribution in [0.15, 0.2) is 18.2 Å². The van der Waals surface area contributed by atoms with Crippen LogP contribution < -0.4 is 0 Å². The Morgan fingerprint density at radius 3 is 2.00 bits per heavy atom. The van der Waals surface area contributed by atoms with E-state index in [0.29, 0.717) is 5.92 Å². The highest BCUT2D eigenvalue weighted by Gasteiger charge is 2.22. The van der Waals surface area contributed by atoms with Gasteiger partial charge in [0, 0.05) is 5.56 Å². The first kappa shape index (κ1) is 10.9. The maximum Gasteiger partial charge on any atom is 0.122 e. The van der Waals surface area contributed by atoms with Crippen molar-refractivity contribution in [2.24, 2.45) is 0 Å². The number of phenolic OH excluding ortho intramolecular Hbond substituents is 2. The Bertz CT molecular complexity index is 283. The molecule has 0 heterocycles. The van der Waals surface area contributed by atoms with Gasteiger partial charge < -0.3 is 15.7 Å². The molecule has 1 aromatic rings. The van der Waals surface area contributed by atoms with Gasteiger partial charge in [0.25, 0.3) is 0 Å². The molecule has 1 saturated carbocycles. The molecule has 0 spiro atoms.